The highest BCUT2D eigenvalue weighted by Gasteiger charge is 2.23. The molecule has 0 aromatic carbocycles. The summed E-state index contributed by atoms with van der Waals surface area (Å²) in [5, 5.41) is 12.4. The molecule has 0 spiro atoms. The lowest BCUT2D eigenvalue weighted by molar-refractivity contribution is 0.284. The van der Waals surface area contributed by atoms with Gasteiger partial charge in [0.1, 0.15) is 8.30 Å². The van der Waals surface area contributed by atoms with E-state index >= 15 is 0 Å². The van der Waals surface area contributed by atoms with E-state index in [4.69, 9.17) is 0 Å². The number of halogens is 2. The second kappa shape index (κ2) is 4.68. The van der Waals surface area contributed by atoms with Crippen LogP contribution in [-0.4, -0.2) is 24.8 Å². The molecule has 0 bridgehead atoms. The van der Waals surface area contributed by atoms with Gasteiger partial charge in [-0.25, -0.2) is 4.68 Å². The van der Waals surface area contributed by atoms with Crippen LogP contribution in [0.4, 0.5) is 0 Å². The van der Waals surface area contributed by atoms with E-state index in [1.165, 1.54) is 19.3 Å². The van der Waals surface area contributed by atoms with Gasteiger partial charge in [0.2, 0.25) is 0 Å². The first-order valence-electron chi connectivity index (χ1n) is 5.51. The van der Waals surface area contributed by atoms with Crippen molar-refractivity contribution in [2.75, 3.05) is 0 Å². The fourth-order valence-electron chi connectivity index (χ4n) is 1.89. The van der Waals surface area contributed by atoms with Gasteiger partial charge in [-0.1, -0.05) is 5.21 Å². The van der Waals surface area contributed by atoms with E-state index in [1.54, 1.807) is 6.20 Å². The zero-order chi connectivity index (χ0) is 11.8. The molecule has 3 rings (SSSR count). The van der Waals surface area contributed by atoms with Crippen molar-refractivity contribution in [3.63, 3.8) is 0 Å². The Morgan fingerprint density at radius 1 is 1.41 bits per heavy atom. The number of hydrogen-bond acceptors (Lipinski definition) is 3. The van der Waals surface area contributed by atoms with Crippen LogP contribution in [0.2, 0.25) is 0 Å². The molecule has 0 radical (unpaired) electrons. The molecule has 17 heavy (non-hydrogen) atoms. The smallest absolute Gasteiger partial charge is 0.120 e. The lowest BCUT2D eigenvalue weighted by atomic mass is 9.93. The molecule has 7 heteroatoms. The largest absolute Gasteiger partial charge is 0.255 e. The van der Waals surface area contributed by atoms with Crippen molar-refractivity contribution in [3.8, 4) is 0 Å². The summed E-state index contributed by atoms with van der Waals surface area (Å²) in [5.41, 5.74) is 1.15. The van der Waals surface area contributed by atoms with Crippen molar-refractivity contribution in [2.24, 2.45) is 0 Å². The topological polar surface area (TPSA) is 48.5 Å². The second-order valence-corrected chi connectivity index (χ2v) is 6.06. The SMILES string of the molecule is Brc1c(Cn2nncc2I)cnn1C1CCC1. The molecule has 2 aromatic heterocycles. The zero-order valence-electron chi connectivity index (χ0n) is 9.05. The van der Waals surface area contributed by atoms with E-state index in [0.29, 0.717) is 12.6 Å². The molecule has 2 aromatic rings. The Labute approximate surface area is 121 Å². The molecule has 90 valence electrons. The molecule has 1 saturated carbocycles. The molecule has 0 amide bonds. The predicted octanol–water partition coefficient (Wildman–Crippen LogP) is 2.62. The van der Waals surface area contributed by atoms with E-state index in [2.05, 4.69) is 58.6 Å². The van der Waals surface area contributed by atoms with Gasteiger partial charge in [0, 0.05) is 5.56 Å². The van der Waals surface area contributed by atoms with Crippen LogP contribution in [-0.2, 0) is 6.54 Å². The summed E-state index contributed by atoms with van der Waals surface area (Å²) < 4.78 is 6.06. The maximum absolute atomic E-state index is 4.45. The van der Waals surface area contributed by atoms with Gasteiger partial charge in [-0.3, -0.25) is 4.68 Å². The lowest BCUT2D eigenvalue weighted by Gasteiger charge is -2.26. The Kier molecular flexibility index (Phi) is 3.20. The molecule has 5 nitrogen and oxygen atoms in total. The molecule has 0 aliphatic heterocycles. The van der Waals surface area contributed by atoms with Crippen LogP contribution in [0, 0.1) is 3.70 Å². The molecule has 0 unspecified atom stereocenters. The Morgan fingerprint density at radius 2 is 2.24 bits per heavy atom. The summed E-state index contributed by atoms with van der Waals surface area (Å²) in [7, 11) is 0. The zero-order valence-corrected chi connectivity index (χ0v) is 12.8. The van der Waals surface area contributed by atoms with E-state index in [-0.39, 0.29) is 0 Å². The second-order valence-electron chi connectivity index (χ2n) is 4.20. The van der Waals surface area contributed by atoms with Crippen LogP contribution in [0.1, 0.15) is 30.9 Å². The van der Waals surface area contributed by atoms with Gasteiger partial charge in [0.15, 0.2) is 0 Å². The van der Waals surface area contributed by atoms with Gasteiger partial charge >= 0.3 is 0 Å². The highest BCUT2D eigenvalue weighted by Crippen LogP contribution is 2.34. The lowest BCUT2D eigenvalue weighted by Crippen LogP contribution is -2.18. The Balaban J connectivity index is 1.84. The number of aromatic nitrogens is 5. The average molecular weight is 408 g/mol. The highest BCUT2D eigenvalue weighted by molar-refractivity contribution is 14.1. The molecule has 1 aliphatic carbocycles. The van der Waals surface area contributed by atoms with Crippen molar-refractivity contribution in [2.45, 2.75) is 31.8 Å². The van der Waals surface area contributed by atoms with Crippen molar-refractivity contribution >= 4 is 38.5 Å². The quantitative estimate of drug-likeness (QED) is 0.735. The summed E-state index contributed by atoms with van der Waals surface area (Å²) in [4.78, 5) is 0. The molecule has 2 heterocycles. The van der Waals surface area contributed by atoms with Gasteiger partial charge in [0.25, 0.3) is 0 Å². The third kappa shape index (κ3) is 2.14. The van der Waals surface area contributed by atoms with Crippen LogP contribution in [0.3, 0.4) is 0 Å². The molecule has 1 aliphatic rings. The van der Waals surface area contributed by atoms with E-state index in [9.17, 15) is 0 Å². The highest BCUT2D eigenvalue weighted by atomic mass is 127. The minimum absolute atomic E-state index is 0.577. The Morgan fingerprint density at radius 3 is 2.82 bits per heavy atom. The molecule has 0 saturated heterocycles. The minimum atomic E-state index is 0.577. The molecule has 1 fully saturated rings. The van der Waals surface area contributed by atoms with Crippen LogP contribution in [0.25, 0.3) is 0 Å². The van der Waals surface area contributed by atoms with E-state index in [1.807, 2.05) is 10.9 Å². The monoisotopic (exact) mass is 407 g/mol. The minimum Gasteiger partial charge on any atom is -0.255 e. The maximum Gasteiger partial charge on any atom is 0.120 e. The van der Waals surface area contributed by atoms with Gasteiger partial charge in [-0.05, 0) is 57.8 Å². The molecule has 0 N–H and O–H groups in total. The van der Waals surface area contributed by atoms with Crippen LogP contribution >= 0.6 is 38.5 Å². The third-order valence-electron chi connectivity index (χ3n) is 3.12. The Bertz CT molecular complexity index is 531. The summed E-state index contributed by atoms with van der Waals surface area (Å²) in [6.45, 7) is 0.714. The van der Waals surface area contributed by atoms with E-state index in [0.717, 1.165) is 13.9 Å². The predicted molar refractivity (Wildman–Crippen MR) is 74.7 cm³/mol. The van der Waals surface area contributed by atoms with Crippen LogP contribution in [0.5, 0.6) is 0 Å². The van der Waals surface area contributed by atoms with E-state index < -0.39 is 0 Å². The van der Waals surface area contributed by atoms with Crippen molar-refractivity contribution < 1.29 is 0 Å². The first kappa shape index (κ1) is 11.6. The fraction of sp³-hybridized carbons (Fsp3) is 0.500. The fourth-order valence-corrected chi connectivity index (χ4v) is 2.89. The molecule has 0 atom stereocenters. The van der Waals surface area contributed by atoms with Crippen molar-refractivity contribution in [1.82, 2.24) is 24.8 Å². The summed E-state index contributed by atoms with van der Waals surface area (Å²) in [5.74, 6) is 0. The van der Waals surface area contributed by atoms with Crippen molar-refractivity contribution in [1.29, 1.82) is 0 Å². The maximum atomic E-state index is 4.45. The molecular formula is C10H11BrIN5. The summed E-state index contributed by atoms with van der Waals surface area (Å²) >= 11 is 5.86. The summed E-state index contributed by atoms with van der Waals surface area (Å²) in [6, 6.07) is 0.577. The Hall–Kier alpha value is -0.440. The van der Waals surface area contributed by atoms with Gasteiger partial charge in [-0.15, -0.1) is 5.10 Å². The van der Waals surface area contributed by atoms with Crippen molar-refractivity contribution in [3.05, 3.63) is 26.3 Å². The third-order valence-corrected chi connectivity index (χ3v) is 4.82. The summed E-state index contributed by atoms with van der Waals surface area (Å²) in [6.07, 6.45) is 7.46. The van der Waals surface area contributed by atoms with Gasteiger partial charge < -0.3 is 0 Å². The van der Waals surface area contributed by atoms with Crippen LogP contribution < -0.4 is 0 Å². The first-order valence-corrected chi connectivity index (χ1v) is 7.39. The van der Waals surface area contributed by atoms with Crippen LogP contribution in [0.15, 0.2) is 17.0 Å². The normalized spacial score (nSPS) is 16.1. The molecular weight excluding hydrogens is 397 g/mol. The average Bonchev–Trinajstić information content (AvgIpc) is 2.77. The van der Waals surface area contributed by atoms with Gasteiger partial charge in [-0.2, -0.15) is 5.10 Å². The first-order chi connectivity index (χ1) is 8.25. The van der Waals surface area contributed by atoms with Gasteiger partial charge in [0.05, 0.1) is 25.0 Å². The number of rotatable bonds is 3. The standard InChI is InChI=1S/C10H11BrIN5/c11-10-7(6-16-9(12)5-13-15-16)4-14-17(10)8-2-1-3-8/h4-5,8H,1-3,6H2. The number of nitrogens with zero attached hydrogens (tertiary/aromatic N) is 5. The number of hydrogen-bond donors (Lipinski definition) is 0.